The standard InChI is InChI=1S/C10H16N2O4/c13-8-1-3-11(4-2-8)10(16)12-5-7(6-12)9(14)15/h7-8,13H,1-6H2,(H,14,15). The number of hydrogen-bond donors (Lipinski definition) is 2. The second kappa shape index (κ2) is 4.29. The Morgan fingerprint density at radius 1 is 1.06 bits per heavy atom. The summed E-state index contributed by atoms with van der Waals surface area (Å²) in [5.41, 5.74) is 0. The number of amides is 2. The average molecular weight is 228 g/mol. The Balaban J connectivity index is 1.79. The monoisotopic (exact) mass is 228 g/mol. The zero-order chi connectivity index (χ0) is 11.7. The fourth-order valence-electron chi connectivity index (χ4n) is 2.05. The Bertz CT molecular complexity index is 293. The number of aliphatic hydroxyl groups excluding tert-OH is 1. The maximum absolute atomic E-state index is 11.8. The molecule has 6 nitrogen and oxygen atoms in total. The average Bonchev–Trinajstić information content (AvgIpc) is 2.15. The molecule has 0 unspecified atom stereocenters. The van der Waals surface area contributed by atoms with Gasteiger partial charge in [-0.15, -0.1) is 0 Å². The fraction of sp³-hybridized carbons (Fsp3) is 0.800. The second-order valence-corrected chi connectivity index (χ2v) is 4.44. The summed E-state index contributed by atoms with van der Waals surface area (Å²) in [5.74, 6) is -1.24. The van der Waals surface area contributed by atoms with Crippen LogP contribution in [-0.2, 0) is 4.79 Å². The Labute approximate surface area is 93.4 Å². The molecule has 6 heteroatoms. The molecule has 0 saturated carbocycles. The summed E-state index contributed by atoms with van der Waals surface area (Å²) in [7, 11) is 0. The lowest BCUT2D eigenvalue weighted by Gasteiger charge is -2.41. The summed E-state index contributed by atoms with van der Waals surface area (Å²) in [6.07, 6.45) is 0.927. The van der Waals surface area contributed by atoms with Gasteiger partial charge in [-0.3, -0.25) is 4.79 Å². The molecule has 0 atom stereocenters. The van der Waals surface area contributed by atoms with Crippen molar-refractivity contribution in [2.24, 2.45) is 5.92 Å². The summed E-state index contributed by atoms with van der Waals surface area (Å²) < 4.78 is 0. The highest BCUT2D eigenvalue weighted by Gasteiger charge is 2.38. The Morgan fingerprint density at radius 3 is 2.12 bits per heavy atom. The smallest absolute Gasteiger partial charge is 0.320 e. The highest BCUT2D eigenvalue weighted by molar-refractivity contribution is 5.79. The molecule has 0 aromatic rings. The van der Waals surface area contributed by atoms with Gasteiger partial charge in [0, 0.05) is 26.2 Å². The molecule has 2 aliphatic rings. The number of aliphatic carboxylic acids is 1. The van der Waals surface area contributed by atoms with E-state index in [1.54, 1.807) is 9.80 Å². The number of carboxylic acids is 1. The second-order valence-electron chi connectivity index (χ2n) is 4.44. The molecular formula is C10H16N2O4. The zero-order valence-electron chi connectivity index (χ0n) is 9.00. The van der Waals surface area contributed by atoms with Gasteiger partial charge in [-0.2, -0.15) is 0 Å². The highest BCUT2D eigenvalue weighted by atomic mass is 16.4. The van der Waals surface area contributed by atoms with Gasteiger partial charge in [0.15, 0.2) is 0 Å². The van der Waals surface area contributed by atoms with Crippen molar-refractivity contribution in [3.8, 4) is 0 Å². The minimum Gasteiger partial charge on any atom is -0.481 e. The third-order valence-electron chi connectivity index (χ3n) is 3.24. The lowest BCUT2D eigenvalue weighted by Crippen LogP contribution is -2.58. The molecule has 2 saturated heterocycles. The van der Waals surface area contributed by atoms with Gasteiger partial charge in [-0.05, 0) is 12.8 Å². The molecular weight excluding hydrogens is 212 g/mol. The van der Waals surface area contributed by atoms with Crippen LogP contribution in [0.5, 0.6) is 0 Å². The minimum absolute atomic E-state index is 0.0931. The molecule has 2 heterocycles. The van der Waals surface area contributed by atoms with Crippen LogP contribution in [0.4, 0.5) is 4.79 Å². The van der Waals surface area contributed by atoms with Gasteiger partial charge in [-0.25, -0.2) is 4.79 Å². The normalized spacial score (nSPS) is 23.1. The molecule has 0 aromatic carbocycles. The van der Waals surface area contributed by atoms with E-state index in [2.05, 4.69) is 0 Å². The SMILES string of the molecule is O=C(O)C1CN(C(=O)N2CCC(O)CC2)C1. The van der Waals surface area contributed by atoms with E-state index in [1.165, 1.54) is 0 Å². The molecule has 2 rings (SSSR count). The number of piperidine rings is 1. The quantitative estimate of drug-likeness (QED) is 0.638. The van der Waals surface area contributed by atoms with Crippen molar-refractivity contribution in [1.82, 2.24) is 9.80 Å². The highest BCUT2D eigenvalue weighted by Crippen LogP contribution is 2.19. The van der Waals surface area contributed by atoms with Gasteiger partial charge in [0.25, 0.3) is 0 Å². The van der Waals surface area contributed by atoms with Gasteiger partial charge < -0.3 is 20.0 Å². The fourth-order valence-corrected chi connectivity index (χ4v) is 2.05. The molecule has 0 aromatic heterocycles. The van der Waals surface area contributed by atoms with Gasteiger partial charge in [0.2, 0.25) is 0 Å². The number of hydrogen-bond acceptors (Lipinski definition) is 3. The van der Waals surface area contributed by atoms with Gasteiger partial charge in [-0.1, -0.05) is 0 Å². The molecule has 2 amide bonds. The zero-order valence-corrected chi connectivity index (χ0v) is 9.00. The first-order chi connectivity index (χ1) is 7.58. The van der Waals surface area contributed by atoms with Crippen molar-refractivity contribution < 1.29 is 19.8 Å². The van der Waals surface area contributed by atoms with Crippen molar-refractivity contribution in [1.29, 1.82) is 0 Å². The maximum Gasteiger partial charge on any atom is 0.320 e. The van der Waals surface area contributed by atoms with Crippen LogP contribution >= 0.6 is 0 Å². The summed E-state index contributed by atoms with van der Waals surface area (Å²) in [5, 5.41) is 18.0. The molecule has 2 fully saturated rings. The number of carbonyl (C=O) groups is 2. The van der Waals surface area contributed by atoms with Crippen LogP contribution in [0.2, 0.25) is 0 Å². The largest absolute Gasteiger partial charge is 0.481 e. The number of likely N-dealkylation sites (tertiary alicyclic amines) is 2. The number of urea groups is 1. The summed E-state index contributed by atoms with van der Waals surface area (Å²) >= 11 is 0. The number of carboxylic acid groups (broad SMARTS) is 1. The first-order valence-corrected chi connectivity index (χ1v) is 5.52. The van der Waals surface area contributed by atoms with Crippen LogP contribution in [-0.4, -0.2) is 64.3 Å². The van der Waals surface area contributed by atoms with Gasteiger partial charge in [0.1, 0.15) is 0 Å². The predicted molar refractivity (Wildman–Crippen MR) is 54.9 cm³/mol. The van der Waals surface area contributed by atoms with Crippen molar-refractivity contribution in [2.45, 2.75) is 18.9 Å². The number of rotatable bonds is 1. The van der Waals surface area contributed by atoms with Crippen molar-refractivity contribution in [2.75, 3.05) is 26.2 Å². The van der Waals surface area contributed by atoms with Crippen LogP contribution < -0.4 is 0 Å². The van der Waals surface area contributed by atoms with Crippen LogP contribution in [0.15, 0.2) is 0 Å². The molecule has 16 heavy (non-hydrogen) atoms. The van der Waals surface area contributed by atoms with E-state index < -0.39 is 11.9 Å². The summed E-state index contributed by atoms with van der Waals surface area (Å²) in [6, 6.07) is -0.0931. The van der Waals surface area contributed by atoms with Gasteiger partial charge in [0.05, 0.1) is 12.0 Å². The summed E-state index contributed by atoms with van der Waals surface area (Å²) in [4.78, 5) is 25.7. The maximum atomic E-state index is 11.8. The van der Waals surface area contributed by atoms with E-state index in [0.29, 0.717) is 39.0 Å². The lowest BCUT2D eigenvalue weighted by molar-refractivity contribution is -0.146. The number of carbonyl (C=O) groups excluding carboxylic acids is 1. The predicted octanol–water partition coefficient (Wildman–Crippen LogP) is -0.421. The van der Waals surface area contributed by atoms with Crippen LogP contribution in [0, 0.1) is 5.92 Å². The third-order valence-corrected chi connectivity index (χ3v) is 3.24. The topological polar surface area (TPSA) is 81.1 Å². The molecule has 0 spiro atoms. The van der Waals surface area contributed by atoms with Crippen LogP contribution in [0.3, 0.4) is 0 Å². The van der Waals surface area contributed by atoms with E-state index in [4.69, 9.17) is 5.11 Å². The van der Waals surface area contributed by atoms with E-state index in [1.807, 2.05) is 0 Å². The third kappa shape index (κ3) is 2.11. The van der Waals surface area contributed by atoms with E-state index in [-0.39, 0.29) is 12.1 Å². The molecule has 0 aliphatic carbocycles. The van der Waals surface area contributed by atoms with Crippen molar-refractivity contribution >= 4 is 12.0 Å². The van der Waals surface area contributed by atoms with Crippen LogP contribution in [0.25, 0.3) is 0 Å². The molecule has 0 bridgehead atoms. The molecule has 0 radical (unpaired) electrons. The Hall–Kier alpha value is -1.30. The van der Waals surface area contributed by atoms with E-state index >= 15 is 0 Å². The molecule has 90 valence electrons. The Morgan fingerprint density at radius 2 is 1.62 bits per heavy atom. The van der Waals surface area contributed by atoms with E-state index in [9.17, 15) is 14.7 Å². The van der Waals surface area contributed by atoms with E-state index in [0.717, 1.165) is 0 Å². The van der Waals surface area contributed by atoms with Crippen molar-refractivity contribution in [3.05, 3.63) is 0 Å². The van der Waals surface area contributed by atoms with Crippen molar-refractivity contribution in [3.63, 3.8) is 0 Å². The lowest BCUT2D eigenvalue weighted by atomic mass is 10.0. The first-order valence-electron chi connectivity index (χ1n) is 5.52. The van der Waals surface area contributed by atoms with Gasteiger partial charge >= 0.3 is 12.0 Å². The Kier molecular flexibility index (Phi) is 3.00. The minimum atomic E-state index is -0.835. The van der Waals surface area contributed by atoms with Crippen LogP contribution in [0.1, 0.15) is 12.8 Å². The first kappa shape index (κ1) is 11.2. The number of aliphatic hydroxyl groups is 1. The summed E-state index contributed by atoms with van der Waals surface area (Å²) in [6.45, 7) is 1.75. The molecule has 2 N–H and O–H groups in total. The number of nitrogens with zero attached hydrogens (tertiary/aromatic N) is 2. The molecule has 2 aliphatic heterocycles.